The molecule has 0 saturated heterocycles. The van der Waals surface area contributed by atoms with Gasteiger partial charge in [-0.2, -0.15) is 0 Å². The lowest BCUT2D eigenvalue weighted by molar-refractivity contribution is 0.0596. The van der Waals surface area contributed by atoms with E-state index in [0.717, 1.165) is 0 Å². The van der Waals surface area contributed by atoms with E-state index < -0.39 is 5.97 Å². The third-order valence-corrected chi connectivity index (χ3v) is 2.28. The van der Waals surface area contributed by atoms with E-state index >= 15 is 0 Å². The summed E-state index contributed by atoms with van der Waals surface area (Å²) in [6.45, 7) is 2.31. The second-order valence-corrected chi connectivity index (χ2v) is 3.36. The lowest BCUT2D eigenvalue weighted by Gasteiger charge is -2.10. The van der Waals surface area contributed by atoms with E-state index in [9.17, 15) is 4.79 Å². The normalized spacial score (nSPS) is 10.1. The minimum Gasteiger partial charge on any atom is -0.493 e. The smallest absolute Gasteiger partial charge is 0.341 e. The number of aromatic nitrogens is 4. The number of hydrogen-bond acceptors (Lipinski definition) is 6. The molecule has 1 heterocycles. The van der Waals surface area contributed by atoms with Gasteiger partial charge in [0.15, 0.2) is 0 Å². The summed E-state index contributed by atoms with van der Waals surface area (Å²) in [6.07, 6.45) is 1.44. The summed E-state index contributed by atoms with van der Waals surface area (Å²) >= 11 is 0. The molecular formula is C11H12N4O3. The van der Waals surface area contributed by atoms with Crippen LogP contribution in [0.25, 0.3) is 5.69 Å². The predicted octanol–water partition coefficient (Wildman–Crippen LogP) is 0.848. The summed E-state index contributed by atoms with van der Waals surface area (Å²) < 4.78 is 11.5. The van der Waals surface area contributed by atoms with Gasteiger partial charge in [-0.05, 0) is 35.5 Å². The molecule has 0 aliphatic rings. The van der Waals surface area contributed by atoms with Gasteiger partial charge in [0.2, 0.25) is 0 Å². The van der Waals surface area contributed by atoms with Crippen molar-refractivity contribution in [1.29, 1.82) is 0 Å². The first-order valence-corrected chi connectivity index (χ1v) is 5.34. The van der Waals surface area contributed by atoms with Gasteiger partial charge in [-0.1, -0.05) is 0 Å². The first kappa shape index (κ1) is 12.0. The highest BCUT2D eigenvalue weighted by Crippen LogP contribution is 2.22. The van der Waals surface area contributed by atoms with Crippen molar-refractivity contribution >= 4 is 5.97 Å². The molecule has 0 fully saturated rings. The van der Waals surface area contributed by atoms with E-state index in [0.29, 0.717) is 23.6 Å². The molecule has 0 N–H and O–H groups in total. The molecule has 7 nitrogen and oxygen atoms in total. The lowest BCUT2D eigenvalue weighted by Crippen LogP contribution is -2.07. The molecule has 0 aliphatic heterocycles. The summed E-state index contributed by atoms with van der Waals surface area (Å²) in [4.78, 5) is 11.7. The van der Waals surface area contributed by atoms with Gasteiger partial charge < -0.3 is 9.47 Å². The monoisotopic (exact) mass is 248 g/mol. The summed E-state index contributed by atoms with van der Waals surface area (Å²) in [7, 11) is 1.32. The topological polar surface area (TPSA) is 79.1 Å². The van der Waals surface area contributed by atoms with Crippen LogP contribution in [0.3, 0.4) is 0 Å². The van der Waals surface area contributed by atoms with Crippen LogP contribution in [0.2, 0.25) is 0 Å². The minimum absolute atomic E-state index is 0.340. The SMILES string of the molecule is CCOc1ccc(-n2cnnn2)cc1C(=O)OC. The third-order valence-electron chi connectivity index (χ3n) is 2.28. The van der Waals surface area contributed by atoms with Crippen LogP contribution in [0.5, 0.6) is 5.75 Å². The van der Waals surface area contributed by atoms with Crippen LogP contribution in [0.4, 0.5) is 0 Å². The van der Waals surface area contributed by atoms with Crippen LogP contribution < -0.4 is 4.74 Å². The van der Waals surface area contributed by atoms with Gasteiger partial charge in [-0.3, -0.25) is 0 Å². The van der Waals surface area contributed by atoms with Crippen molar-refractivity contribution in [1.82, 2.24) is 20.2 Å². The summed E-state index contributed by atoms with van der Waals surface area (Å²) in [5, 5.41) is 10.8. The highest BCUT2D eigenvalue weighted by molar-refractivity contribution is 5.93. The Balaban J connectivity index is 2.45. The quantitative estimate of drug-likeness (QED) is 0.746. The fourth-order valence-corrected chi connectivity index (χ4v) is 1.49. The second kappa shape index (κ2) is 5.26. The van der Waals surface area contributed by atoms with Crippen LogP contribution in [0.15, 0.2) is 24.5 Å². The average Bonchev–Trinajstić information content (AvgIpc) is 2.92. The van der Waals surface area contributed by atoms with Gasteiger partial charge in [-0.15, -0.1) is 5.10 Å². The van der Waals surface area contributed by atoms with Crippen molar-refractivity contribution in [3.63, 3.8) is 0 Å². The Morgan fingerprint density at radius 3 is 2.89 bits per heavy atom. The number of carbonyl (C=O) groups is 1. The Hall–Kier alpha value is -2.44. The second-order valence-electron chi connectivity index (χ2n) is 3.36. The first-order chi connectivity index (χ1) is 8.76. The molecule has 0 bridgehead atoms. The number of ether oxygens (including phenoxy) is 2. The van der Waals surface area contributed by atoms with Gasteiger partial charge in [0.1, 0.15) is 17.6 Å². The molecule has 0 saturated carbocycles. The first-order valence-electron chi connectivity index (χ1n) is 5.34. The molecule has 2 aromatic rings. The molecule has 1 aromatic carbocycles. The predicted molar refractivity (Wildman–Crippen MR) is 61.7 cm³/mol. The van der Waals surface area contributed by atoms with E-state index in [1.165, 1.54) is 18.1 Å². The highest BCUT2D eigenvalue weighted by atomic mass is 16.5. The van der Waals surface area contributed by atoms with E-state index in [1.54, 1.807) is 18.2 Å². The van der Waals surface area contributed by atoms with E-state index in [4.69, 9.17) is 9.47 Å². The minimum atomic E-state index is -0.464. The number of nitrogens with zero attached hydrogens (tertiary/aromatic N) is 4. The number of carbonyl (C=O) groups excluding carboxylic acids is 1. The molecule has 0 spiro atoms. The fourth-order valence-electron chi connectivity index (χ4n) is 1.49. The van der Waals surface area contributed by atoms with E-state index in [2.05, 4.69) is 15.5 Å². The van der Waals surface area contributed by atoms with Crippen molar-refractivity contribution in [3.05, 3.63) is 30.1 Å². The Morgan fingerprint density at radius 2 is 2.28 bits per heavy atom. The largest absolute Gasteiger partial charge is 0.493 e. The zero-order valence-electron chi connectivity index (χ0n) is 10.0. The molecular weight excluding hydrogens is 236 g/mol. The molecule has 1 aromatic heterocycles. The Bertz CT molecular complexity index is 539. The van der Waals surface area contributed by atoms with Gasteiger partial charge in [0.05, 0.1) is 19.4 Å². The Morgan fingerprint density at radius 1 is 1.44 bits per heavy atom. The zero-order chi connectivity index (χ0) is 13.0. The molecule has 2 rings (SSSR count). The molecule has 94 valence electrons. The Labute approximate surface area is 103 Å². The number of esters is 1. The van der Waals surface area contributed by atoms with Gasteiger partial charge >= 0.3 is 5.97 Å². The number of rotatable bonds is 4. The number of tetrazole rings is 1. The van der Waals surface area contributed by atoms with Gasteiger partial charge in [0.25, 0.3) is 0 Å². The van der Waals surface area contributed by atoms with Crippen LogP contribution in [0, 0.1) is 0 Å². The number of benzene rings is 1. The summed E-state index contributed by atoms with van der Waals surface area (Å²) in [5.41, 5.74) is 0.996. The standard InChI is InChI=1S/C11H12N4O3/c1-3-18-10-5-4-8(15-7-12-13-14-15)6-9(10)11(16)17-2/h4-7H,3H2,1-2H3. The van der Waals surface area contributed by atoms with Crippen LogP contribution in [0.1, 0.15) is 17.3 Å². The highest BCUT2D eigenvalue weighted by Gasteiger charge is 2.14. The van der Waals surface area contributed by atoms with Gasteiger partial charge in [0, 0.05) is 0 Å². The molecule has 0 atom stereocenters. The van der Waals surface area contributed by atoms with Crippen LogP contribution in [-0.2, 0) is 4.74 Å². The van der Waals surface area contributed by atoms with E-state index in [1.807, 2.05) is 6.92 Å². The third kappa shape index (κ3) is 2.29. The van der Waals surface area contributed by atoms with Crippen molar-refractivity contribution in [2.45, 2.75) is 6.92 Å². The summed E-state index contributed by atoms with van der Waals surface area (Å²) in [6, 6.07) is 5.06. The van der Waals surface area contributed by atoms with Crippen LogP contribution >= 0.6 is 0 Å². The zero-order valence-corrected chi connectivity index (χ0v) is 10.0. The average molecular weight is 248 g/mol. The molecule has 0 unspecified atom stereocenters. The Kier molecular flexibility index (Phi) is 3.52. The maximum atomic E-state index is 11.7. The van der Waals surface area contributed by atoms with Gasteiger partial charge in [-0.25, -0.2) is 9.48 Å². The lowest BCUT2D eigenvalue weighted by atomic mass is 10.2. The molecule has 7 heteroatoms. The maximum Gasteiger partial charge on any atom is 0.341 e. The number of methoxy groups -OCH3 is 1. The summed E-state index contributed by atoms with van der Waals surface area (Å²) in [5.74, 6) is 0.00884. The van der Waals surface area contributed by atoms with E-state index in [-0.39, 0.29) is 0 Å². The maximum absolute atomic E-state index is 11.7. The molecule has 0 aliphatic carbocycles. The molecule has 0 radical (unpaired) electrons. The molecule has 18 heavy (non-hydrogen) atoms. The van der Waals surface area contributed by atoms with Crippen molar-refractivity contribution < 1.29 is 14.3 Å². The van der Waals surface area contributed by atoms with Crippen molar-refractivity contribution in [3.8, 4) is 11.4 Å². The molecule has 0 amide bonds. The van der Waals surface area contributed by atoms with Crippen LogP contribution in [-0.4, -0.2) is 39.9 Å². The van der Waals surface area contributed by atoms with Crippen molar-refractivity contribution in [2.24, 2.45) is 0 Å². The number of hydrogen-bond donors (Lipinski definition) is 0. The van der Waals surface area contributed by atoms with Crippen molar-refractivity contribution in [2.75, 3.05) is 13.7 Å². The fraction of sp³-hybridized carbons (Fsp3) is 0.273.